The van der Waals surface area contributed by atoms with E-state index in [9.17, 15) is 13.2 Å². The highest BCUT2D eigenvalue weighted by Crippen LogP contribution is 2.21. The van der Waals surface area contributed by atoms with E-state index in [1.807, 2.05) is 0 Å². The minimum Gasteiger partial charge on any atom is -0.344 e. The zero-order valence-corrected chi connectivity index (χ0v) is 10.3. The van der Waals surface area contributed by atoms with Crippen molar-refractivity contribution in [3.8, 4) is 0 Å². The number of anilines is 1. The summed E-state index contributed by atoms with van der Waals surface area (Å²) in [5.74, 6) is -0.0904. The number of rotatable bonds is 2. The number of hydrogen-bond acceptors (Lipinski definition) is 4. The predicted octanol–water partition coefficient (Wildman–Crippen LogP) is 2.37. The Morgan fingerprint density at radius 1 is 1.22 bits per heavy atom. The van der Waals surface area contributed by atoms with Gasteiger partial charge in [0.15, 0.2) is 10.8 Å². The van der Waals surface area contributed by atoms with Gasteiger partial charge >= 0.3 is 6.18 Å². The van der Waals surface area contributed by atoms with Crippen LogP contribution in [0.25, 0.3) is 5.65 Å². The van der Waals surface area contributed by atoms with Crippen LogP contribution in [-0.4, -0.2) is 32.5 Å². The largest absolute Gasteiger partial charge is 0.405 e. The molecular formula is C9H9ClF3N5. The second-order valence-electron chi connectivity index (χ2n) is 3.77. The summed E-state index contributed by atoms with van der Waals surface area (Å²) >= 11 is 5.87. The molecule has 0 fully saturated rings. The molecule has 0 unspecified atom stereocenters. The highest BCUT2D eigenvalue weighted by atomic mass is 35.5. The van der Waals surface area contributed by atoms with Crippen LogP contribution in [0, 0.1) is 13.8 Å². The normalized spacial score (nSPS) is 12.1. The van der Waals surface area contributed by atoms with Gasteiger partial charge in [-0.05, 0) is 19.4 Å². The molecule has 0 amide bonds. The second-order valence-corrected chi connectivity index (χ2v) is 4.13. The van der Waals surface area contributed by atoms with Crippen LogP contribution in [0.1, 0.15) is 11.1 Å². The Bertz CT molecular complexity index is 592. The Kier molecular flexibility index (Phi) is 3.05. The molecule has 0 saturated carbocycles. The van der Waals surface area contributed by atoms with Gasteiger partial charge in [0.1, 0.15) is 6.54 Å². The summed E-state index contributed by atoms with van der Waals surface area (Å²) in [6, 6.07) is 0. The fourth-order valence-corrected chi connectivity index (χ4v) is 1.60. The van der Waals surface area contributed by atoms with Gasteiger partial charge in [-0.25, -0.2) is 0 Å². The summed E-state index contributed by atoms with van der Waals surface area (Å²) in [6.45, 7) is 2.29. The summed E-state index contributed by atoms with van der Waals surface area (Å²) in [4.78, 5) is 0. The third-order valence-electron chi connectivity index (χ3n) is 2.48. The summed E-state index contributed by atoms with van der Waals surface area (Å²) in [5.41, 5.74) is 1.82. The molecule has 2 heterocycles. The lowest BCUT2D eigenvalue weighted by atomic mass is 10.2. The molecule has 2 aromatic rings. The van der Waals surface area contributed by atoms with Crippen LogP contribution in [0.2, 0.25) is 5.15 Å². The Labute approximate surface area is 105 Å². The first kappa shape index (κ1) is 12.9. The van der Waals surface area contributed by atoms with Gasteiger partial charge in [-0.2, -0.15) is 22.8 Å². The molecule has 2 aromatic heterocycles. The van der Waals surface area contributed by atoms with Crippen molar-refractivity contribution in [1.82, 2.24) is 19.8 Å². The van der Waals surface area contributed by atoms with Crippen LogP contribution in [0.3, 0.4) is 0 Å². The van der Waals surface area contributed by atoms with Gasteiger partial charge in [0.25, 0.3) is 0 Å². The zero-order valence-electron chi connectivity index (χ0n) is 9.51. The minimum absolute atomic E-state index is 0.0904. The van der Waals surface area contributed by atoms with E-state index in [2.05, 4.69) is 20.6 Å². The molecule has 0 atom stereocenters. The first-order chi connectivity index (χ1) is 8.29. The van der Waals surface area contributed by atoms with Gasteiger partial charge in [-0.3, -0.25) is 0 Å². The lowest BCUT2D eigenvalue weighted by Gasteiger charge is -2.08. The minimum atomic E-state index is -4.34. The third kappa shape index (κ3) is 2.33. The number of nitrogens with one attached hydrogen (secondary N) is 1. The molecule has 18 heavy (non-hydrogen) atoms. The fraction of sp³-hybridized carbons (Fsp3) is 0.444. The van der Waals surface area contributed by atoms with Gasteiger partial charge in [-0.1, -0.05) is 11.6 Å². The highest BCUT2D eigenvalue weighted by molar-refractivity contribution is 6.30. The van der Waals surface area contributed by atoms with Crippen molar-refractivity contribution in [3.63, 3.8) is 0 Å². The molecule has 0 aliphatic carbocycles. The average Bonchev–Trinajstić information content (AvgIpc) is 2.65. The predicted molar refractivity (Wildman–Crippen MR) is 59.8 cm³/mol. The van der Waals surface area contributed by atoms with Crippen LogP contribution in [-0.2, 0) is 0 Å². The van der Waals surface area contributed by atoms with Crippen LogP contribution in [0.4, 0.5) is 19.1 Å². The molecule has 98 valence electrons. The summed E-state index contributed by atoms with van der Waals surface area (Å²) in [6.07, 6.45) is -4.34. The standard InChI is InChI=1S/C9H9ClF3N5/c1-4-5(2)7-15-16-8(14-3-9(11,12)13)18(7)17-6(4)10/h3H2,1-2H3,(H,14,16). The maximum atomic E-state index is 12.1. The van der Waals surface area contributed by atoms with E-state index in [-0.39, 0.29) is 11.1 Å². The summed E-state index contributed by atoms with van der Waals surface area (Å²) in [7, 11) is 0. The second kappa shape index (κ2) is 4.27. The maximum Gasteiger partial charge on any atom is 0.405 e. The Morgan fingerprint density at radius 3 is 2.50 bits per heavy atom. The van der Waals surface area contributed by atoms with E-state index < -0.39 is 12.7 Å². The molecular weight excluding hydrogens is 271 g/mol. The van der Waals surface area contributed by atoms with E-state index in [0.717, 1.165) is 15.6 Å². The van der Waals surface area contributed by atoms with Gasteiger partial charge < -0.3 is 5.32 Å². The van der Waals surface area contributed by atoms with E-state index >= 15 is 0 Å². The summed E-state index contributed by atoms with van der Waals surface area (Å²) < 4.78 is 37.5. The molecule has 2 rings (SSSR count). The van der Waals surface area contributed by atoms with E-state index in [0.29, 0.717) is 5.65 Å². The monoisotopic (exact) mass is 279 g/mol. The number of fused-ring (bicyclic) bond motifs is 1. The molecule has 0 aromatic carbocycles. The number of hydrogen-bond donors (Lipinski definition) is 1. The first-order valence-corrected chi connectivity index (χ1v) is 5.36. The summed E-state index contributed by atoms with van der Waals surface area (Å²) in [5, 5.41) is 13.7. The first-order valence-electron chi connectivity index (χ1n) is 4.98. The smallest absolute Gasteiger partial charge is 0.344 e. The van der Waals surface area contributed by atoms with Crippen LogP contribution in [0.15, 0.2) is 0 Å². The molecule has 0 aliphatic heterocycles. The molecule has 0 aliphatic rings. The van der Waals surface area contributed by atoms with Crippen LogP contribution >= 0.6 is 11.6 Å². The highest BCUT2D eigenvalue weighted by Gasteiger charge is 2.27. The number of nitrogens with zero attached hydrogens (tertiary/aromatic N) is 4. The number of halogens is 4. The van der Waals surface area contributed by atoms with Crippen molar-refractivity contribution < 1.29 is 13.2 Å². The zero-order chi connectivity index (χ0) is 13.5. The number of aryl methyl sites for hydroxylation is 1. The molecule has 0 radical (unpaired) electrons. The molecule has 5 nitrogen and oxygen atoms in total. The molecule has 9 heteroatoms. The van der Waals surface area contributed by atoms with Gasteiger partial charge in [0.05, 0.1) is 0 Å². The van der Waals surface area contributed by atoms with Crippen molar-refractivity contribution >= 4 is 23.2 Å². The van der Waals surface area contributed by atoms with Crippen molar-refractivity contribution in [2.24, 2.45) is 0 Å². The fourth-order valence-electron chi connectivity index (χ4n) is 1.38. The van der Waals surface area contributed by atoms with E-state index in [1.165, 1.54) is 0 Å². The molecule has 0 saturated heterocycles. The van der Waals surface area contributed by atoms with Crippen molar-refractivity contribution in [3.05, 3.63) is 16.3 Å². The SMILES string of the molecule is Cc1c(Cl)nn2c(NCC(F)(F)F)nnc2c1C. The third-order valence-corrected chi connectivity index (χ3v) is 2.84. The molecule has 1 N–H and O–H groups in total. The van der Waals surface area contributed by atoms with Crippen molar-refractivity contribution in [1.29, 1.82) is 0 Å². The molecule has 0 bridgehead atoms. The van der Waals surface area contributed by atoms with E-state index in [4.69, 9.17) is 11.6 Å². The van der Waals surface area contributed by atoms with Crippen LogP contribution < -0.4 is 5.32 Å². The lowest BCUT2D eigenvalue weighted by molar-refractivity contribution is -0.115. The lowest BCUT2D eigenvalue weighted by Crippen LogP contribution is -2.22. The quantitative estimate of drug-likeness (QED) is 0.917. The van der Waals surface area contributed by atoms with Crippen molar-refractivity contribution in [2.75, 3.05) is 11.9 Å². The number of aromatic nitrogens is 4. The van der Waals surface area contributed by atoms with Gasteiger partial charge in [-0.15, -0.1) is 10.2 Å². The maximum absolute atomic E-state index is 12.1. The Morgan fingerprint density at radius 2 is 1.89 bits per heavy atom. The van der Waals surface area contributed by atoms with Crippen LogP contribution in [0.5, 0.6) is 0 Å². The Hall–Kier alpha value is -1.57. The van der Waals surface area contributed by atoms with Crippen molar-refractivity contribution in [2.45, 2.75) is 20.0 Å². The Balaban J connectivity index is 2.42. The van der Waals surface area contributed by atoms with Gasteiger partial charge in [0.2, 0.25) is 5.95 Å². The number of alkyl halides is 3. The average molecular weight is 280 g/mol. The van der Waals surface area contributed by atoms with E-state index in [1.54, 1.807) is 13.8 Å². The molecule has 0 spiro atoms. The van der Waals surface area contributed by atoms with Gasteiger partial charge in [0, 0.05) is 5.56 Å². The topological polar surface area (TPSA) is 55.1 Å².